The number of benzene rings is 1. The first-order valence-corrected chi connectivity index (χ1v) is 10.0. The monoisotopic (exact) mass is 348 g/mol. The Bertz CT molecular complexity index is 890. The fraction of sp³-hybridized carbons (Fsp3) is 0.471. The average Bonchev–Trinajstić information content (AvgIpc) is 3.09. The molecule has 1 amide bonds. The number of sulfone groups is 1. The molecule has 0 spiro atoms. The molecule has 0 aliphatic carbocycles. The predicted octanol–water partition coefficient (Wildman–Crippen LogP) is 1.66. The normalized spacial score (nSPS) is 26.6. The highest BCUT2D eigenvalue weighted by molar-refractivity contribution is 7.90. The predicted molar refractivity (Wildman–Crippen MR) is 89.7 cm³/mol. The fourth-order valence-electron chi connectivity index (χ4n) is 3.78. The van der Waals surface area contributed by atoms with Gasteiger partial charge in [0.25, 0.3) is 5.91 Å². The van der Waals surface area contributed by atoms with Gasteiger partial charge in [-0.15, -0.1) is 0 Å². The number of hydrogen-bond donors (Lipinski definition) is 1. The standard InChI is InChI=1S/C17H20N2O4S/c1-24(21,22)16-8-13-7-12(2-3-15(13)23-16)17(20)18-14-6-11-4-5-19(9-11)10-14/h2-3,7-8,11,14H,4-6,9-10H2,1H3,(H,18,20)/t11-,14-/m1/s1. The van der Waals surface area contributed by atoms with Crippen LogP contribution in [-0.2, 0) is 9.84 Å². The Kier molecular flexibility index (Phi) is 3.65. The van der Waals surface area contributed by atoms with Gasteiger partial charge < -0.3 is 14.6 Å². The third-order valence-corrected chi connectivity index (χ3v) is 5.86. The molecule has 2 aliphatic rings. The molecule has 2 fully saturated rings. The van der Waals surface area contributed by atoms with E-state index in [1.165, 1.54) is 12.5 Å². The molecule has 2 bridgehead atoms. The van der Waals surface area contributed by atoms with Crippen molar-refractivity contribution in [3.8, 4) is 0 Å². The van der Waals surface area contributed by atoms with Gasteiger partial charge in [-0.2, -0.15) is 0 Å². The summed E-state index contributed by atoms with van der Waals surface area (Å²) in [6.45, 7) is 3.20. The third kappa shape index (κ3) is 2.93. The Labute approximate surface area is 140 Å². The van der Waals surface area contributed by atoms with Gasteiger partial charge in [-0.25, -0.2) is 8.42 Å². The Morgan fingerprint density at radius 2 is 2.12 bits per heavy atom. The molecule has 2 aromatic rings. The summed E-state index contributed by atoms with van der Waals surface area (Å²) in [5, 5.41) is 3.65. The molecule has 6 nitrogen and oxygen atoms in total. The number of carbonyl (C=O) groups excluding carboxylic acids is 1. The lowest BCUT2D eigenvalue weighted by molar-refractivity contribution is 0.0909. The second kappa shape index (κ2) is 5.60. The van der Waals surface area contributed by atoms with Crippen LogP contribution in [0.3, 0.4) is 0 Å². The van der Waals surface area contributed by atoms with Crippen LogP contribution >= 0.6 is 0 Å². The number of nitrogens with one attached hydrogen (secondary N) is 1. The second-order valence-corrected chi connectivity index (χ2v) is 8.86. The fourth-order valence-corrected chi connectivity index (χ4v) is 4.36. The SMILES string of the molecule is CS(=O)(=O)c1cc2cc(C(=O)N[C@@H]3C[C@H]4CCN(C4)C3)ccc2o1. The van der Waals surface area contributed by atoms with E-state index in [1.807, 2.05) is 0 Å². The lowest BCUT2D eigenvalue weighted by Gasteiger charge is -2.30. The zero-order chi connectivity index (χ0) is 16.9. The van der Waals surface area contributed by atoms with E-state index in [4.69, 9.17) is 4.42 Å². The Hall–Kier alpha value is -1.86. The van der Waals surface area contributed by atoms with Gasteiger partial charge in [-0.05, 0) is 43.5 Å². The van der Waals surface area contributed by atoms with Crippen LogP contribution in [-0.4, -0.2) is 51.2 Å². The van der Waals surface area contributed by atoms with Gasteiger partial charge in [0, 0.05) is 42.4 Å². The van der Waals surface area contributed by atoms with Crippen LogP contribution in [0.25, 0.3) is 11.0 Å². The first-order valence-electron chi connectivity index (χ1n) is 8.15. The Morgan fingerprint density at radius 1 is 1.29 bits per heavy atom. The van der Waals surface area contributed by atoms with Crippen molar-refractivity contribution in [3.05, 3.63) is 29.8 Å². The largest absolute Gasteiger partial charge is 0.445 e. The van der Waals surface area contributed by atoms with Crippen LogP contribution in [0.15, 0.2) is 33.8 Å². The molecule has 0 saturated carbocycles. The summed E-state index contributed by atoms with van der Waals surface area (Å²) >= 11 is 0. The topological polar surface area (TPSA) is 79.6 Å². The molecule has 3 atom stereocenters. The highest BCUT2D eigenvalue weighted by atomic mass is 32.2. The number of fused-ring (bicyclic) bond motifs is 3. The molecule has 1 aromatic carbocycles. The summed E-state index contributed by atoms with van der Waals surface area (Å²) in [6.07, 6.45) is 3.36. The third-order valence-electron chi connectivity index (χ3n) is 4.92. The van der Waals surface area contributed by atoms with Crippen molar-refractivity contribution in [2.45, 2.75) is 24.0 Å². The second-order valence-electron chi connectivity index (χ2n) is 6.91. The van der Waals surface area contributed by atoms with Crippen molar-refractivity contribution >= 4 is 26.7 Å². The summed E-state index contributed by atoms with van der Waals surface area (Å²) < 4.78 is 28.5. The van der Waals surface area contributed by atoms with Gasteiger partial charge in [-0.1, -0.05) is 0 Å². The molecule has 4 rings (SSSR count). The maximum absolute atomic E-state index is 12.5. The van der Waals surface area contributed by atoms with Crippen LogP contribution in [0.4, 0.5) is 0 Å². The zero-order valence-electron chi connectivity index (χ0n) is 13.5. The van der Waals surface area contributed by atoms with Crippen molar-refractivity contribution < 1.29 is 17.6 Å². The lowest BCUT2D eigenvalue weighted by Crippen LogP contribution is -2.47. The zero-order valence-corrected chi connectivity index (χ0v) is 14.3. The minimum absolute atomic E-state index is 0.0771. The van der Waals surface area contributed by atoms with E-state index in [-0.39, 0.29) is 17.0 Å². The van der Waals surface area contributed by atoms with E-state index in [0.29, 0.717) is 22.5 Å². The van der Waals surface area contributed by atoms with E-state index in [2.05, 4.69) is 10.2 Å². The van der Waals surface area contributed by atoms with Crippen molar-refractivity contribution in [1.82, 2.24) is 10.2 Å². The molecule has 2 saturated heterocycles. The van der Waals surface area contributed by atoms with Crippen LogP contribution in [0, 0.1) is 5.92 Å². The van der Waals surface area contributed by atoms with Crippen molar-refractivity contribution in [2.24, 2.45) is 5.92 Å². The van der Waals surface area contributed by atoms with E-state index in [9.17, 15) is 13.2 Å². The molecule has 0 radical (unpaired) electrons. The van der Waals surface area contributed by atoms with Crippen LogP contribution in [0.1, 0.15) is 23.2 Å². The lowest BCUT2D eigenvalue weighted by atomic mass is 9.96. The molecule has 3 heterocycles. The Morgan fingerprint density at radius 3 is 2.88 bits per heavy atom. The quantitative estimate of drug-likeness (QED) is 0.912. The van der Waals surface area contributed by atoms with Crippen molar-refractivity contribution in [3.63, 3.8) is 0 Å². The summed E-state index contributed by atoms with van der Waals surface area (Å²) in [4.78, 5) is 14.9. The number of amides is 1. The first-order chi connectivity index (χ1) is 11.4. The van der Waals surface area contributed by atoms with Gasteiger partial charge >= 0.3 is 0 Å². The van der Waals surface area contributed by atoms with Gasteiger partial charge in [0.05, 0.1) is 0 Å². The van der Waals surface area contributed by atoms with Gasteiger partial charge in [0.15, 0.2) is 0 Å². The Balaban J connectivity index is 1.54. The number of rotatable bonds is 3. The van der Waals surface area contributed by atoms with Gasteiger partial charge in [0.2, 0.25) is 14.9 Å². The molecule has 1 unspecified atom stereocenters. The minimum Gasteiger partial charge on any atom is -0.445 e. The molecule has 7 heteroatoms. The molecule has 24 heavy (non-hydrogen) atoms. The van der Waals surface area contributed by atoms with Gasteiger partial charge in [0.1, 0.15) is 5.58 Å². The van der Waals surface area contributed by atoms with Crippen LogP contribution in [0.5, 0.6) is 0 Å². The molecular formula is C17H20N2O4S. The number of furan rings is 1. The highest BCUT2D eigenvalue weighted by Crippen LogP contribution is 2.27. The maximum Gasteiger partial charge on any atom is 0.251 e. The van der Waals surface area contributed by atoms with Crippen molar-refractivity contribution in [1.29, 1.82) is 0 Å². The molecule has 1 N–H and O–H groups in total. The molecular weight excluding hydrogens is 328 g/mol. The van der Waals surface area contributed by atoms with E-state index >= 15 is 0 Å². The number of hydrogen-bond acceptors (Lipinski definition) is 5. The highest BCUT2D eigenvalue weighted by Gasteiger charge is 2.33. The van der Waals surface area contributed by atoms with E-state index < -0.39 is 9.84 Å². The smallest absolute Gasteiger partial charge is 0.251 e. The molecule has 1 aromatic heterocycles. The average molecular weight is 348 g/mol. The van der Waals surface area contributed by atoms with Crippen LogP contribution < -0.4 is 5.32 Å². The maximum atomic E-state index is 12.5. The number of piperidine rings is 1. The van der Waals surface area contributed by atoms with Crippen LogP contribution in [0.2, 0.25) is 0 Å². The van der Waals surface area contributed by atoms with Crippen molar-refractivity contribution in [2.75, 3.05) is 25.9 Å². The van der Waals surface area contributed by atoms with E-state index in [1.54, 1.807) is 18.2 Å². The summed E-state index contributed by atoms with van der Waals surface area (Å²) in [7, 11) is -3.40. The minimum atomic E-state index is -3.40. The first kappa shape index (κ1) is 15.7. The number of nitrogens with zero attached hydrogens (tertiary/aromatic N) is 1. The van der Waals surface area contributed by atoms with E-state index in [0.717, 1.165) is 32.3 Å². The number of carbonyl (C=O) groups is 1. The molecule has 2 aliphatic heterocycles. The summed E-state index contributed by atoms with van der Waals surface area (Å²) in [5.74, 6) is 0.573. The summed E-state index contributed by atoms with van der Waals surface area (Å²) in [5.41, 5.74) is 0.991. The summed E-state index contributed by atoms with van der Waals surface area (Å²) in [6, 6.07) is 6.65. The molecule has 128 valence electrons. The van der Waals surface area contributed by atoms with Gasteiger partial charge in [-0.3, -0.25) is 4.79 Å².